The molecular formula is C23H19FN4O3. The summed E-state index contributed by atoms with van der Waals surface area (Å²) in [6.45, 7) is 1.67. The molecule has 3 aromatic heterocycles. The molecule has 4 aromatic rings. The van der Waals surface area contributed by atoms with Crippen molar-refractivity contribution in [2.45, 2.75) is 25.2 Å². The Kier molecular flexibility index (Phi) is 4.63. The number of rotatable bonds is 3. The molecule has 3 atom stereocenters. The Balaban J connectivity index is 1.42. The Labute approximate surface area is 176 Å². The zero-order chi connectivity index (χ0) is 21.5. The lowest BCUT2D eigenvalue weighted by Gasteiger charge is -2.35. The summed E-state index contributed by atoms with van der Waals surface area (Å²) in [5.74, 6) is -0.701. The van der Waals surface area contributed by atoms with Crippen molar-refractivity contribution in [3.63, 3.8) is 0 Å². The van der Waals surface area contributed by atoms with Crippen molar-refractivity contribution in [3.05, 3.63) is 78.0 Å². The van der Waals surface area contributed by atoms with Gasteiger partial charge >= 0.3 is 0 Å². The highest BCUT2D eigenvalue weighted by atomic mass is 19.1. The van der Waals surface area contributed by atoms with Gasteiger partial charge in [0.25, 0.3) is 5.91 Å². The first-order valence-electron chi connectivity index (χ1n) is 9.85. The number of nitrogens with one attached hydrogen (secondary N) is 2. The molecule has 0 unspecified atom stereocenters. The molecule has 0 aliphatic carbocycles. The second kappa shape index (κ2) is 7.48. The van der Waals surface area contributed by atoms with Gasteiger partial charge in [0.2, 0.25) is 0 Å². The van der Waals surface area contributed by atoms with Gasteiger partial charge in [-0.2, -0.15) is 0 Å². The van der Waals surface area contributed by atoms with E-state index in [9.17, 15) is 14.3 Å². The summed E-state index contributed by atoms with van der Waals surface area (Å²) >= 11 is 0. The van der Waals surface area contributed by atoms with Gasteiger partial charge in [-0.15, -0.1) is 0 Å². The molecule has 3 N–H and O–H groups in total. The van der Waals surface area contributed by atoms with Crippen LogP contribution in [0.25, 0.3) is 22.3 Å². The predicted octanol–water partition coefficient (Wildman–Crippen LogP) is 3.38. The Hall–Kier alpha value is -3.78. The molecule has 8 heteroatoms. The number of hydrogen-bond acceptors (Lipinski definition) is 5. The van der Waals surface area contributed by atoms with E-state index in [1.54, 1.807) is 37.5 Å². The highest BCUT2D eigenvalue weighted by Crippen LogP contribution is 2.37. The van der Waals surface area contributed by atoms with Crippen LogP contribution in [0.5, 0.6) is 5.75 Å². The molecule has 0 fully saturated rings. The molecule has 0 saturated heterocycles. The van der Waals surface area contributed by atoms with E-state index in [-0.39, 0.29) is 5.56 Å². The van der Waals surface area contributed by atoms with Gasteiger partial charge in [0.15, 0.2) is 0 Å². The second-order valence-corrected chi connectivity index (χ2v) is 7.45. The molecule has 156 valence electrons. The monoisotopic (exact) mass is 418 g/mol. The minimum absolute atomic E-state index is 0.137. The number of halogens is 1. The zero-order valence-corrected chi connectivity index (χ0v) is 16.5. The number of benzene rings is 1. The summed E-state index contributed by atoms with van der Waals surface area (Å²) in [7, 11) is 0. The zero-order valence-electron chi connectivity index (χ0n) is 16.5. The predicted molar refractivity (Wildman–Crippen MR) is 112 cm³/mol. The molecule has 1 aromatic carbocycles. The van der Waals surface area contributed by atoms with Crippen LogP contribution in [0.15, 0.2) is 61.1 Å². The number of hydrogen-bond donors (Lipinski definition) is 3. The molecule has 1 aliphatic rings. The minimum Gasteiger partial charge on any atom is -0.487 e. The maximum Gasteiger partial charge on any atom is 0.253 e. The number of H-pyrrole nitrogens is 1. The molecule has 31 heavy (non-hydrogen) atoms. The van der Waals surface area contributed by atoms with Crippen LogP contribution in [-0.2, 0) is 0 Å². The molecule has 1 amide bonds. The Morgan fingerprint density at radius 3 is 2.87 bits per heavy atom. The van der Waals surface area contributed by atoms with Gasteiger partial charge in [-0.05, 0) is 43.3 Å². The van der Waals surface area contributed by atoms with E-state index >= 15 is 0 Å². The maximum absolute atomic E-state index is 14.5. The van der Waals surface area contributed by atoms with Crippen molar-refractivity contribution < 1.29 is 19.0 Å². The fourth-order valence-corrected chi connectivity index (χ4v) is 3.89. The van der Waals surface area contributed by atoms with Crippen molar-refractivity contribution in [1.82, 2.24) is 20.3 Å². The highest BCUT2D eigenvalue weighted by molar-refractivity contribution is 5.95. The van der Waals surface area contributed by atoms with Crippen molar-refractivity contribution in [2.75, 3.05) is 0 Å². The molecule has 4 heterocycles. The summed E-state index contributed by atoms with van der Waals surface area (Å²) in [5.41, 5.74) is 2.78. The van der Waals surface area contributed by atoms with Gasteiger partial charge in [0, 0.05) is 29.5 Å². The average Bonchev–Trinajstić information content (AvgIpc) is 3.26. The van der Waals surface area contributed by atoms with E-state index in [2.05, 4.69) is 20.3 Å². The topological polar surface area (TPSA) is 100 Å². The Morgan fingerprint density at radius 2 is 2.06 bits per heavy atom. The number of aliphatic hydroxyl groups excluding tert-OH is 1. The number of aromatic nitrogens is 3. The van der Waals surface area contributed by atoms with Crippen LogP contribution in [0.3, 0.4) is 0 Å². The van der Waals surface area contributed by atoms with E-state index in [1.165, 1.54) is 18.3 Å². The molecular weight excluding hydrogens is 399 g/mol. The quantitative estimate of drug-likeness (QED) is 0.474. The SMILES string of the molecule is C[C@H]1Oc2cccc(F)c2[C@@H](NC(=O)c2ccc(-c3ccnc4[nH]ccc34)nc2)[C@H]1O. The number of fused-ring (bicyclic) bond motifs is 2. The van der Waals surface area contributed by atoms with Crippen LogP contribution in [0.4, 0.5) is 4.39 Å². The molecule has 7 nitrogen and oxygen atoms in total. The van der Waals surface area contributed by atoms with Crippen molar-refractivity contribution >= 4 is 16.9 Å². The fourth-order valence-electron chi connectivity index (χ4n) is 3.89. The van der Waals surface area contributed by atoms with Crippen LogP contribution in [0, 0.1) is 5.82 Å². The van der Waals surface area contributed by atoms with E-state index in [0.29, 0.717) is 17.0 Å². The van der Waals surface area contributed by atoms with Crippen molar-refractivity contribution in [2.24, 2.45) is 0 Å². The first kappa shape index (κ1) is 19.2. The fraction of sp³-hybridized carbons (Fsp3) is 0.174. The van der Waals surface area contributed by atoms with Crippen LogP contribution in [0.1, 0.15) is 28.9 Å². The van der Waals surface area contributed by atoms with Gasteiger partial charge in [-0.3, -0.25) is 9.78 Å². The number of ether oxygens (including phenoxy) is 1. The lowest BCUT2D eigenvalue weighted by atomic mass is 9.93. The third-order valence-electron chi connectivity index (χ3n) is 5.51. The van der Waals surface area contributed by atoms with Gasteiger partial charge < -0.3 is 20.1 Å². The Morgan fingerprint density at radius 1 is 1.19 bits per heavy atom. The number of carbonyl (C=O) groups is 1. The average molecular weight is 418 g/mol. The summed E-state index contributed by atoms with van der Waals surface area (Å²) in [5, 5.41) is 14.2. The highest BCUT2D eigenvalue weighted by Gasteiger charge is 2.38. The van der Waals surface area contributed by atoms with Gasteiger partial charge in [0.1, 0.15) is 29.4 Å². The number of carbonyl (C=O) groups excluding carboxylic acids is 1. The first-order valence-corrected chi connectivity index (χ1v) is 9.85. The van der Waals surface area contributed by atoms with Crippen LogP contribution >= 0.6 is 0 Å². The van der Waals surface area contributed by atoms with E-state index in [0.717, 1.165) is 16.6 Å². The van der Waals surface area contributed by atoms with Crippen molar-refractivity contribution in [1.29, 1.82) is 0 Å². The number of pyridine rings is 2. The summed E-state index contributed by atoms with van der Waals surface area (Å²) in [4.78, 5) is 24.6. The number of nitrogens with zero attached hydrogens (tertiary/aromatic N) is 2. The lowest BCUT2D eigenvalue weighted by Crippen LogP contribution is -2.46. The minimum atomic E-state index is -1.10. The third-order valence-corrected chi connectivity index (χ3v) is 5.51. The summed E-state index contributed by atoms with van der Waals surface area (Å²) in [6, 6.07) is 10.6. The molecule has 5 rings (SSSR count). The number of amides is 1. The molecule has 0 saturated carbocycles. The maximum atomic E-state index is 14.5. The molecule has 1 aliphatic heterocycles. The van der Waals surface area contributed by atoms with Gasteiger partial charge in [0.05, 0.1) is 22.9 Å². The van der Waals surface area contributed by atoms with E-state index in [4.69, 9.17) is 4.74 Å². The third kappa shape index (κ3) is 3.30. The molecule has 0 bridgehead atoms. The van der Waals surface area contributed by atoms with Gasteiger partial charge in [-0.1, -0.05) is 6.07 Å². The normalized spacial score (nSPS) is 20.2. The molecule has 0 radical (unpaired) electrons. The standard InChI is InChI=1S/C23H19FN4O3/c1-12-21(29)20(19-16(24)3-2-4-18(19)31-12)28-23(30)13-5-6-17(27-11-13)14-7-9-25-22-15(14)8-10-26-22/h2-12,20-21,29H,1H3,(H,25,26)(H,28,30)/t12-,20-,21+/m1/s1. The number of aliphatic hydroxyl groups is 1. The summed E-state index contributed by atoms with van der Waals surface area (Å²) < 4.78 is 20.0. The largest absolute Gasteiger partial charge is 0.487 e. The van der Waals surface area contributed by atoms with Crippen molar-refractivity contribution in [3.8, 4) is 17.0 Å². The lowest BCUT2D eigenvalue weighted by molar-refractivity contribution is 0.00168. The van der Waals surface area contributed by atoms with Gasteiger partial charge in [-0.25, -0.2) is 9.37 Å². The Bertz CT molecular complexity index is 1270. The van der Waals surface area contributed by atoms with Crippen LogP contribution in [0.2, 0.25) is 0 Å². The first-order chi connectivity index (χ1) is 15.0. The van der Waals surface area contributed by atoms with E-state index < -0.39 is 30.0 Å². The molecule has 0 spiro atoms. The van der Waals surface area contributed by atoms with Crippen LogP contribution in [-0.4, -0.2) is 38.2 Å². The summed E-state index contributed by atoms with van der Waals surface area (Å²) in [6.07, 6.45) is 3.26. The van der Waals surface area contributed by atoms with E-state index in [1.807, 2.05) is 12.1 Å². The second-order valence-electron chi connectivity index (χ2n) is 7.45. The number of aromatic amines is 1. The smallest absolute Gasteiger partial charge is 0.253 e. The van der Waals surface area contributed by atoms with Crippen LogP contribution < -0.4 is 10.1 Å².